The first kappa shape index (κ1) is 26.0. The maximum Gasteiger partial charge on any atom is 0.259 e. The van der Waals surface area contributed by atoms with Gasteiger partial charge < -0.3 is 20.4 Å². The van der Waals surface area contributed by atoms with Gasteiger partial charge in [-0.05, 0) is 86.1 Å². The van der Waals surface area contributed by atoms with Crippen LogP contribution in [0.4, 0.5) is 23.0 Å². The smallest absolute Gasteiger partial charge is 0.259 e. The standard InChI is InChI=1S/C31H40N6O/c1-23-13-19-36(20-14-23)29-11-10-28(30(35-29)37-21-15-24(2)16-22-37)31(38)34-27-8-6-26(7-9-27)33-18-12-25-5-3-4-17-32-25/h3-11,17,23-24,33H,12-16,18-22H2,1-2H3,(H,34,38). The van der Waals surface area contributed by atoms with Crippen LogP contribution in [0.3, 0.4) is 0 Å². The van der Waals surface area contributed by atoms with Gasteiger partial charge in [0.15, 0.2) is 0 Å². The molecular weight excluding hydrogens is 472 g/mol. The van der Waals surface area contributed by atoms with Crippen molar-refractivity contribution in [3.63, 3.8) is 0 Å². The van der Waals surface area contributed by atoms with E-state index in [2.05, 4.69) is 39.3 Å². The van der Waals surface area contributed by atoms with E-state index in [1.807, 2.05) is 60.8 Å². The van der Waals surface area contributed by atoms with Crippen molar-refractivity contribution in [2.75, 3.05) is 53.2 Å². The summed E-state index contributed by atoms with van der Waals surface area (Å²) >= 11 is 0. The van der Waals surface area contributed by atoms with Crippen LogP contribution in [0.5, 0.6) is 0 Å². The Bertz CT molecular complexity index is 1180. The number of carbonyl (C=O) groups is 1. The number of aromatic nitrogens is 2. The summed E-state index contributed by atoms with van der Waals surface area (Å²) in [5.41, 5.74) is 3.50. The lowest BCUT2D eigenvalue weighted by Crippen LogP contribution is -2.37. The Labute approximate surface area is 226 Å². The van der Waals surface area contributed by atoms with E-state index in [-0.39, 0.29) is 5.91 Å². The maximum atomic E-state index is 13.5. The molecule has 2 aliphatic rings. The quantitative estimate of drug-likeness (QED) is 0.394. The Morgan fingerprint density at radius 1 is 0.842 bits per heavy atom. The van der Waals surface area contributed by atoms with Gasteiger partial charge in [-0.25, -0.2) is 4.98 Å². The first-order valence-corrected chi connectivity index (χ1v) is 14.1. The van der Waals surface area contributed by atoms with Gasteiger partial charge in [0, 0.05) is 62.4 Å². The van der Waals surface area contributed by atoms with Crippen LogP contribution in [-0.2, 0) is 6.42 Å². The van der Waals surface area contributed by atoms with Crippen molar-refractivity contribution in [3.05, 3.63) is 72.1 Å². The fourth-order valence-corrected chi connectivity index (χ4v) is 5.24. The topological polar surface area (TPSA) is 73.4 Å². The van der Waals surface area contributed by atoms with Crippen molar-refractivity contribution < 1.29 is 4.79 Å². The van der Waals surface area contributed by atoms with E-state index in [4.69, 9.17) is 4.98 Å². The summed E-state index contributed by atoms with van der Waals surface area (Å²) in [5.74, 6) is 3.18. The molecule has 0 unspecified atom stereocenters. The first-order chi connectivity index (χ1) is 18.5. The number of nitrogens with zero attached hydrogens (tertiary/aromatic N) is 4. The summed E-state index contributed by atoms with van der Waals surface area (Å²) in [4.78, 5) is 27.6. The highest BCUT2D eigenvalue weighted by Crippen LogP contribution is 2.30. The number of amides is 1. The van der Waals surface area contributed by atoms with Crippen LogP contribution in [0.2, 0.25) is 0 Å². The van der Waals surface area contributed by atoms with Crippen LogP contribution in [0.15, 0.2) is 60.8 Å². The van der Waals surface area contributed by atoms with Crippen molar-refractivity contribution in [3.8, 4) is 0 Å². The summed E-state index contributed by atoms with van der Waals surface area (Å²) in [5, 5.41) is 6.53. The lowest BCUT2D eigenvalue weighted by molar-refractivity contribution is 0.102. The molecule has 0 radical (unpaired) electrons. The van der Waals surface area contributed by atoms with Gasteiger partial charge in [0.1, 0.15) is 11.6 Å². The SMILES string of the molecule is CC1CCN(c2ccc(C(=O)Nc3ccc(NCCc4ccccn4)cc3)c(N3CCC(C)CC3)n2)CC1. The lowest BCUT2D eigenvalue weighted by Gasteiger charge is -2.35. The van der Waals surface area contributed by atoms with E-state index in [0.717, 1.165) is 86.6 Å². The third kappa shape index (κ3) is 6.63. The molecule has 4 heterocycles. The summed E-state index contributed by atoms with van der Waals surface area (Å²) < 4.78 is 0. The molecule has 7 heteroatoms. The third-order valence-electron chi connectivity index (χ3n) is 7.88. The zero-order chi connectivity index (χ0) is 26.3. The molecular formula is C31H40N6O. The zero-order valence-corrected chi connectivity index (χ0v) is 22.7. The molecule has 2 aliphatic heterocycles. The minimum atomic E-state index is -0.110. The average molecular weight is 513 g/mol. The monoisotopic (exact) mass is 512 g/mol. The molecule has 2 aromatic heterocycles. The van der Waals surface area contributed by atoms with Gasteiger partial charge in [-0.1, -0.05) is 19.9 Å². The highest BCUT2D eigenvalue weighted by atomic mass is 16.1. The second-order valence-electron chi connectivity index (χ2n) is 10.9. The Hall–Kier alpha value is -3.61. The number of hydrogen-bond acceptors (Lipinski definition) is 6. The van der Waals surface area contributed by atoms with Gasteiger partial charge in [-0.2, -0.15) is 0 Å². The molecule has 0 bridgehead atoms. The van der Waals surface area contributed by atoms with Gasteiger partial charge in [-0.3, -0.25) is 9.78 Å². The average Bonchev–Trinajstić information content (AvgIpc) is 2.95. The molecule has 0 atom stereocenters. The van der Waals surface area contributed by atoms with E-state index in [1.54, 1.807) is 0 Å². The van der Waals surface area contributed by atoms with Crippen molar-refractivity contribution in [1.82, 2.24) is 9.97 Å². The molecule has 0 spiro atoms. The lowest BCUT2D eigenvalue weighted by atomic mass is 9.98. The predicted octanol–water partition coefficient (Wildman–Crippen LogP) is 5.86. The van der Waals surface area contributed by atoms with E-state index in [0.29, 0.717) is 11.5 Å². The highest BCUT2D eigenvalue weighted by Gasteiger charge is 2.25. The van der Waals surface area contributed by atoms with Crippen LogP contribution in [0.25, 0.3) is 0 Å². The summed E-state index contributed by atoms with van der Waals surface area (Å²) in [6.45, 7) is 9.36. The van der Waals surface area contributed by atoms with Crippen molar-refractivity contribution in [1.29, 1.82) is 0 Å². The molecule has 3 aromatic rings. The second kappa shape index (κ2) is 12.3. The highest BCUT2D eigenvalue weighted by molar-refractivity contribution is 6.07. The minimum Gasteiger partial charge on any atom is -0.385 e. The number of benzene rings is 1. The molecule has 7 nitrogen and oxygen atoms in total. The fourth-order valence-electron chi connectivity index (χ4n) is 5.24. The van der Waals surface area contributed by atoms with Crippen molar-refractivity contribution in [2.24, 2.45) is 11.8 Å². The number of carbonyl (C=O) groups excluding carboxylic acids is 1. The Morgan fingerprint density at radius 2 is 1.50 bits per heavy atom. The summed E-state index contributed by atoms with van der Waals surface area (Å²) in [6, 6.07) is 17.9. The fraction of sp³-hybridized carbons (Fsp3) is 0.452. The van der Waals surface area contributed by atoms with E-state index < -0.39 is 0 Å². The summed E-state index contributed by atoms with van der Waals surface area (Å²) in [6.07, 6.45) is 7.31. The Morgan fingerprint density at radius 3 is 2.16 bits per heavy atom. The van der Waals surface area contributed by atoms with Gasteiger partial charge >= 0.3 is 0 Å². The molecule has 200 valence electrons. The third-order valence-corrected chi connectivity index (χ3v) is 7.88. The maximum absolute atomic E-state index is 13.5. The summed E-state index contributed by atoms with van der Waals surface area (Å²) in [7, 11) is 0. The molecule has 2 N–H and O–H groups in total. The molecule has 2 saturated heterocycles. The molecule has 2 fully saturated rings. The molecule has 38 heavy (non-hydrogen) atoms. The van der Waals surface area contributed by atoms with Gasteiger partial charge in [0.25, 0.3) is 5.91 Å². The number of anilines is 4. The molecule has 0 aliphatic carbocycles. The zero-order valence-electron chi connectivity index (χ0n) is 22.7. The first-order valence-electron chi connectivity index (χ1n) is 14.1. The number of piperidine rings is 2. The molecule has 5 rings (SSSR count). The molecule has 1 aromatic carbocycles. The number of rotatable bonds is 8. The Balaban J connectivity index is 1.26. The molecule has 0 saturated carbocycles. The predicted molar refractivity (Wildman–Crippen MR) is 156 cm³/mol. The number of pyridine rings is 2. The van der Waals surface area contributed by atoms with Crippen LogP contribution in [0, 0.1) is 11.8 Å². The van der Waals surface area contributed by atoms with E-state index in [1.165, 1.54) is 12.8 Å². The van der Waals surface area contributed by atoms with E-state index in [9.17, 15) is 4.79 Å². The largest absolute Gasteiger partial charge is 0.385 e. The normalized spacial score (nSPS) is 16.9. The van der Waals surface area contributed by atoms with Crippen molar-refractivity contribution >= 4 is 28.9 Å². The van der Waals surface area contributed by atoms with Crippen LogP contribution in [-0.4, -0.2) is 48.6 Å². The molecule has 1 amide bonds. The number of hydrogen-bond donors (Lipinski definition) is 2. The van der Waals surface area contributed by atoms with Gasteiger partial charge in [0.05, 0.1) is 5.56 Å². The Kier molecular flexibility index (Phi) is 8.41. The van der Waals surface area contributed by atoms with Gasteiger partial charge in [-0.15, -0.1) is 0 Å². The minimum absolute atomic E-state index is 0.110. The second-order valence-corrected chi connectivity index (χ2v) is 10.9. The van der Waals surface area contributed by atoms with Crippen molar-refractivity contribution in [2.45, 2.75) is 46.0 Å². The van der Waals surface area contributed by atoms with Crippen LogP contribution in [0.1, 0.15) is 55.6 Å². The number of nitrogens with one attached hydrogen (secondary N) is 2. The van der Waals surface area contributed by atoms with Crippen LogP contribution >= 0.6 is 0 Å². The van der Waals surface area contributed by atoms with Gasteiger partial charge in [0.2, 0.25) is 0 Å². The van der Waals surface area contributed by atoms with Crippen LogP contribution < -0.4 is 20.4 Å². The van der Waals surface area contributed by atoms with E-state index >= 15 is 0 Å².